The molecule has 0 spiro atoms. The molecule has 0 unspecified atom stereocenters. The molecule has 0 atom stereocenters. The first-order valence-electron chi connectivity index (χ1n) is 7.70. The fourth-order valence-corrected chi connectivity index (χ4v) is 2.23. The summed E-state index contributed by atoms with van der Waals surface area (Å²) in [6.45, 7) is 5.47. The van der Waals surface area contributed by atoms with Gasteiger partial charge in [0.1, 0.15) is 5.41 Å². The third kappa shape index (κ3) is 4.36. The second kappa shape index (κ2) is 7.49. The van der Waals surface area contributed by atoms with Crippen LogP contribution in [0.15, 0.2) is 48.5 Å². The van der Waals surface area contributed by atoms with Crippen LogP contribution in [0.4, 0.5) is 5.69 Å². The molecule has 2 aromatic carbocycles. The summed E-state index contributed by atoms with van der Waals surface area (Å²) in [5.41, 5.74) is 1.39. The van der Waals surface area contributed by atoms with Crippen molar-refractivity contribution in [3.8, 4) is 0 Å². The Morgan fingerprint density at radius 2 is 1.62 bits per heavy atom. The molecule has 4 nitrogen and oxygen atoms in total. The fourth-order valence-electron chi connectivity index (χ4n) is 2.10. The summed E-state index contributed by atoms with van der Waals surface area (Å²) in [5, 5.41) is 6.26. The Morgan fingerprint density at radius 1 is 1.00 bits per heavy atom. The van der Waals surface area contributed by atoms with E-state index in [0.717, 1.165) is 11.1 Å². The summed E-state index contributed by atoms with van der Waals surface area (Å²) >= 11 is 5.84. The Labute approximate surface area is 147 Å². The monoisotopic (exact) mass is 344 g/mol. The first-order valence-corrected chi connectivity index (χ1v) is 8.08. The maximum Gasteiger partial charge on any atom is 0.239 e. The number of benzene rings is 2. The number of carbonyl (C=O) groups excluding carboxylic acids is 2. The zero-order valence-corrected chi connectivity index (χ0v) is 14.8. The van der Waals surface area contributed by atoms with Crippen molar-refractivity contribution in [3.05, 3.63) is 64.7 Å². The molecule has 0 aromatic heterocycles. The van der Waals surface area contributed by atoms with E-state index in [1.54, 1.807) is 26.0 Å². The Morgan fingerprint density at radius 3 is 2.25 bits per heavy atom. The lowest BCUT2D eigenvalue weighted by atomic mass is 9.90. The van der Waals surface area contributed by atoms with Gasteiger partial charge in [0.05, 0.1) is 0 Å². The predicted molar refractivity (Wildman–Crippen MR) is 96.9 cm³/mol. The Bertz CT molecular complexity index is 739. The minimum atomic E-state index is -1.19. The fraction of sp³-hybridized carbons (Fsp3) is 0.263. The molecule has 0 fully saturated rings. The molecule has 0 aliphatic rings. The van der Waals surface area contributed by atoms with Crippen molar-refractivity contribution in [2.45, 2.75) is 27.3 Å². The first kappa shape index (κ1) is 18.0. The molecule has 2 amide bonds. The molecule has 126 valence electrons. The first-order chi connectivity index (χ1) is 11.3. The molecule has 0 aliphatic heterocycles. The maximum atomic E-state index is 12.5. The number of hydrogen-bond donors (Lipinski definition) is 2. The number of para-hydroxylation sites is 1. The van der Waals surface area contributed by atoms with Crippen LogP contribution in [0.5, 0.6) is 0 Å². The molecule has 0 heterocycles. The van der Waals surface area contributed by atoms with Gasteiger partial charge in [-0.1, -0.05) is 41.9 Å². The van der Waals surface area contributed by atoms with E-state index < -0.39 is 5.41 Å². The summed E-state index contributed by atoms with van der Waals surface area (Å²) < 4.78 is 0. The Balaban J connectivity index is 1.99. The van der Waals surface area contributed by atoms with Crippen LogP contribution in [-0.4, -0.2) is 11.8 Å². The van der Waals surface area contributed by atoms with E-state index in [9.17, 15) is 9.59 Å². The highest BCUT2D eigenvalue weighted by Gasteiger charge is 2.36. The van der Waals surface area contributed by atoms with Crippen LogP contribution in [0.3, 0.4) is 0 Å². The van der Waals surface area contributed by atoms with E-state index in [2.05, 4.69) is 10.6 Å². The van der Waals surface area contributed by atoms with Crippen molar-refractivity contribution in [2.75, 3.05) is 5.32 Å². The van der Waals surface area contributed by atoms with Gasteiger partial charge in [-0.25, -0.2) is 0 Å². The molecule has 0 aliphatic carbocycles. The molecule has 2 N–H and O–H groups in total. The number of nitrogens with one attached hydrogen (secondary N) is 2. The zero-order chi connectivity index (χ0) is 17.7. The Hall–Kier alpha value is -2.33. The largest absolute Gasteiger partial charge is 0.351 e. The maximum absolute atomic E-state index is 12.5. The van der Waals surface area contributed by atoms with Gasteiger partial charge >= 0.3 is 0 Å². The van der Waals surface area contributed by atoms with Crippen molar-refractivity contribution in [2.24, 2.45) is 5.41 Å². The van der Waals surface area contributed by atoms with Crippen LogP contribution < -0.4 is 10.6 Å². The predicted octanol–water partition coefficient (Wildman–Crippen LogP) is 3.93. The van der Waals surface area contributed by atoms with Crippen molar-refractivity contribution in [3.63, 3.8) is 0 Å². The lowest BCUT2D eigenvalue weighted by molar-refractivity contribution is -0.138. The molecule has 0 saturated heterocycles. The number of aryl methyl sites for hydroxylation is 1. The minimum absolute atomic E-state index is 0.330. The summed E-state index contributed by atoms with van der Waals surface area (Å²) in [4.78, 5) is 24.9. The summed E-state index contributed by atoms with van der Waals surface area (Å²) in [6.07, 6.45) is 0. The molecular formula is C19H21ClN2O2. The van der Waals surface area contributed by atoms with Gasteiger partial charge in [0.25, 0.3) is 0 Å². The standard InChI is InChI=1S/C19H21ClN2O2/c1-13-6-4-5-7-16(13)22-18(24)19(2,3)17(23)21-12-14-8-10-15(20)11-9-14/h4-11H,12H2,1-3H3,(H,21,23)(H,22,24). The van der Waals surface area contributed by atoms with Gasteiger partial charge in [0.15, 0.2) is 0 Å². The van der Waals surface area contributed by atoms with Crippen LogP contribution in [0.2, 0.25) is 5.02 Å². The zero-order valence-electron chi connectivity index (χ0n) is 14.0. The third-order valence-electron chi connectivity index (χ3n) is 3.89. The van der Waals surface area contributed by atoms with Gasteiger partial charge < -0.3 is 10.6 Å². The van der Waals surface area contributed by atoms with Crippen LogP contribution >= 0.6 is 11.6 Å². The van der Waals surface area contributed by atoms with Crippen molar-refractivity contribution < 1.29 is 9.59 Å². The van der Waals surface area contributed by atoms with Crippen molar-refractivity contribution in [1.29, 1.82) is 0 Å². The van der Waals surface area contributed by atoms with Crippen molar-refractivity contribution in [1.82, 2.24) is 5.32 Å². The van der Waals surface area contributed by atoms with E-state index in [-0.39, 0.29) is 11.8 Å². The normalized spacial score (nSPS) is 11.0. The summed E-state index contributed by atoms with van der Waals surface area (Å²) in [6, 6.07) is 14.7. The molecule has 2 aromatic rings. The minimum Gasteiger partial charge on any atom is -0.351 e. The number of amides is 2. The highest BCUT2D eigenvalue weighted by molar-refractivity contribution is 6.30. The molecule has 5 heteroatoms. The molecule has 0 bridgehead atoms. The van der Waals surface area contributed by atoms with Crippen LogP contribution in [0, 0.1) is 12.3 Å². The quantitative estimate of drug-likeness (QED) is 0.807. The summed E-state index contributed by atoms with van der Waals surface area (Å²) in [7, 11) is 0. The van der Waals surface area contributed by atoms with E-state index in [4.69, 9.17) is 11.6 Å². The SMILES string of the molecule is Cc1ccccc1NC(=O)C(C)(C)C(=O)NCc1ccc(Cl)cc1. The number of anilines is 1. The Kier molecular flexibility index (Phi) is 5.62. The van der Waals surface area contributed by atoms with Crippen LogP contribution in [-0.2, 0) is 16.1 Å². The second-order valence-electron chi connectivity index (χ2n) is 6.20. The van der Waals surface area contributed by atoms with Gasteiger partial charge in [-0.3, -0.25) is 9.59 Å². The highest BCUT2D eigenvalue weighted by Crippen LogP contribution is 2.21. The van der Waals surface area contributed by atoms with Crippen molar-refractivity contribution >= 4 is 29.1 Å². The number of carbonyl (C=O) groups is 2. The van der Waals surface area contributed by atoms with Crippen LogP contribution in [0.25, 0.3) is 0 Å². The van der Waals surface area contributed by atoms with E-state index >= 15 is 0 Å². The third-order valence-corrected chi connectivity index (χ3v) is 4.15. The average molecular weight is 345 g/mol. The van der Waals surface area contributed by atoms with E-state index in [1.807, 2.05) is 43.3 Å². The van der Waals surface area contributed by atoms with Gasteiger partial charge in [-0.2, -0.15) is 0 Å². The van der Waals surface area contributed by atoms with Crippen LogP contribution in [0.1, 0.15) is 25.0 Å². The van der Waals surface area contributed by atoms with Gasteiger partial charge in [-0.05, 0) is 50.1 Å². The molecule has 0 saturated carbocycles. The second-order valence-corrected chi connectivity index (χ2v) is 6.64. The molecular weight excluding hydrogens is 324 g/mol. The number of rotatable bonds is 5. The van der Waals surface area contributed by atoms with Gasteiger partial charge in [0, 0.05) is 17.3 Å². The number of hydrogen-bond acceptors (Lipinski definition) is 2. The average Bonchev–Trinajstić information content (AvgIpc) is 2.56. The summed E-state index contributed by atoms with van der Waals surface area (Å²) in [5.74, 6) is -0.672. The molecule has 24 heavy (non-hydrogen) atoms. The highest BCUT2D eigenvalue weighted by atomic mass is 35.5. The lowest BCUT2D eigenvalue weighted by Crippen LogP contribution is -2.44. The topological polar surface area (TPSA) is 58.2 Å². The van der Waals surface area contributed by atoms with Gasteiger partial charge in [-0.15, -0.1) is 0 Å². The smallest absolute Gasteiger partial charge is 0.239 e. The lowest BCUT2D eigenvalue weighted by Gasteiger charge is -2.23. The molecule has 0 radical (unpaired) electrons. The number of halogens is 1. The van der Waals surface area contributed by atoms with E-state index in [1.165, 1.54) is 0 Å². The van der Waals surface area contributed by atoms with Gasteiger partial charge in [0.2, 0.25) is 11.8 Å². The molecule has 2 rings (SSSR count). The van der Waals surface area contributed by atoms with E-state index in [0.29, 0.717) is 17.3 Å².